The number of rotatable bonds is 8. The Labute approximate surface area is 112 Å². The van der Waals surface area contributed by atoms with Crippen LogP contribution in [0.1, 0.15) is 25.8 Å². The third-order valence-electron chi connectivity index (χ3n) is 2.77. The molecule has 1 aromatic rings. The maximum Gasteiger partial charge on any atom is 0.335 e. The predicted molar refractivity (Wildman–Crippen MR) is 79.8 cm³/mol. The maximum atomic E-state index is 5.80. The molecular formula is C15H24O2Si. The van der Waals surface area contributed by atoms with Gasteiger partial charge in [-0.05, 0) is 38.4 Å². The molecule has 2 nitrogen and oxygen atoms in total. The average Bonchev–Trinajstić information content (AvgIpc) is 2.37. The summed E-state index contributed by atoms with van der Waals surface area (Å²) in [5.41, 5.74) is 1.24. The van der Waals surface area contributed by atoms with Gasteiger partial charge in [0.25, 0.3) is 0 Å². The third kappa shape index (κ3) is 5.62. The van der Waals surface area contributed by atoms with Crippen molar-refractivity contribution < 1.29 is 8.85 Å². The molecule has 0 spiro atoms. The van der Waals surface area contributed by atoms with Gasteiger partial charge in [-0.1, -0.05) is 42.5 Å². The SMILES string of the molecule is CCO[Si](C)(CCC=Cc1ccccc1)OCC. The highest BCUT2D eigenvalue weighted by molar-refractivity contribution is 6.66. The van der Waals surface area contributed by atoms with Crippen LogP contribution < -0.4 is 0 Å². The van der Waals surface area contributed by atoms with Gasteiger partial charge in [-0.2, -0.15) is 0 Å². The zero-order valence-electron chi connectivity index (χ0n) is 11.7. The van der Waals surface area contributed by atoms with E-state index in [0.717, 1.165) is 25.7 Å². The summed E-state index contributed by atoms with van der Waals surface area (Å²) in [5, 5.41) is 0. The molecule has 0 N–H and O–H groups in total. The van der Waals surface area contributed by atoms with Crippen molar-refractivity contribution in [3.05, 3.63) is 42.0 Å². The Morgan fingerprint density at radius 3 is 2.22 bits per heavy atom. The normalized spacial score (nSPS) is 12.2. The van der Waals surface area contributed by atoms with E-state index >= 15 is 0 Å². The molecule has 0 heterocycles. The van der Waals surface area contributed by atoms with Crippen LogP contribution in [0, 0.1) is 0 Å². The molecule has 0 saturated heterocycles. The van der Waals surface area contributed by atoms with E-state index in [1.54, 1.807) is 0 Å². The van der Waals surface area contributed by atoms with E-state index in [-0.39, 0.29) is 0 Å². The van der Waals surface area contributed by atoms with Crippen LogP contribution >= 0.6 is 0 Å². The van der Waals surface area contributed by atoms with Crippen molar-refractivity contribution in [1.29, 1.82) is 0 Å². The van der Waals surface area contributed by atoms with Gasteiger partial charge in [0.2, 0.25) is 0 Å². The highest BCUT2D eigenvalue weighted by Crippen LogP contribution is 2.16. The minimum atomic E-state index is -1.94. The second-order valence-corrected chi connectivity index (χ2v) is 7.70. The first kappa shape index (κ1) is 15.2. The zero-order valence-corrected chi connectivity index (χ0v) is 12.7. The maximum absolute atomic E-state index is 5.80. The summed E-state index contributed by atoms with van der Waals surface area (Å²) in [6.07, 6.45) is 5.38. The van der Waals surface area contributed by atoms with Crippen molar-refractivity contribution in [3.8, 4) is 0 Å². The summed E-state index contributed by atoms with van der Waals surface area (Å²) in [4.78, 5) is 0. The highest BCUT2D eigenvalue weighted by Gasteiger charge is 2.29. The smallest absolute Gasteiger partial charge is 0.335 e. The van der Waals surface area contributed by atoms with Crippen molar-refractivity contribution in [1.82, 2.24) is 0 Å². The number of hydrogen-bond donors (Lipinski definition) is 0. The van der Waals surface area contributed by atoms with E-state index in [0.29, 0.717) is 0 Å². The van der Waals surface area contributed by atoms with E-state index in [1.807, 2.05) is 19.9 Å². The van der Waals surface area contributed by atoms with Crippen molar-refractivity contribution in [3.63, 3.8) is 0 Å². The molecule has 3 heteroatoms. The van der Waals surface area contributed by atoms with E-state index in [2.05, 4.69) is 43.0 Å². The van der Waals surface area contributed by atoms with Crippen LogP contribution in [0.5, 0.6) is 0 Å². The van der Waals surface area contributed by atoms with Crippen LogP contribution in [-0.4, -0.2) is 21.8 Å². The Morgan fingerprint density at radius 1 is 1.06 bits per heavy atom. The molecule has 0 fully saturated rings. The van der Waals surface area contributed by atoms with Gasteiger partial charge in [0, 0.05) is 13.2 Å². The van der Waals surface area contributed by atoms with Crippen molar-refractivity contribution >= 4 is 14.6 Å². The molecule has 0 aliphatic heterocycles. The Hall–Kier alpha value is -0.903. The quantitative estimate of drug-likeness (QED) is 0.654. The summed E-state index contributed by atoms with van der Waals surface area (Å²) < 4.78 is 11.6. The van der Waals surface area contributed by atoms with Crippen LogP contribution in [0.2, 0.25) is 12.6 Å². The van der Waals surface area contributed by atoms with Crippen molar-refractivity contribution in [2.45, 2.75) is 32.9 Å². The Kier molecular flexibility index (Phi) is 6.94. The molecule has 0 aliphatic rings. The fourth-order valence-corrected chi connectivity index (χ4v) is 4.21. The number of benzene rings is 1. The summed E-state index contributed by atoms with van der Waals surface area (Å²) in [6.45, 7) is 7.70. The van der Waals surface area contributed by atoms with Gasteiger partial charge < -0.3 is 8.85 Å². The molecule has 0 bridgehead atoms. The first-order valence-electron chi connectivity index (χ1n) is 6.69. The van der Waals surface area contributed by atoms with E-state index in [1.165, 1.54) is 5.56 Å². The number of allylic oxidation sites excluding steroid dienone is 1. The predicted octanol–water partition coefficient (Wildman–Crippen LogP) is 4.23. The van der Waals surface area contributed by atoms with Gasteiger partial charge in [-0.3, -0.25) is 0 Å². The summed E-state index contributed by atoms with van der Waals surface area (Å²) in [5.74, 6) is 0. The molecule has 1 aromatic carbocycles. The Bertz CT molecular complexity index is 343. The van der Waals surface area contributed by atoms with Crippen molar-refractivity contribution in [2.24, 2.45) is 0 Å². The molecule has 0 unspecified atom stereocenters. The molecule has 0 radical (unpaired) electrons. The fourth-order valence-electron chi connectivity index (χ4n) is 1.93. The second kappa shape index (κ2) is 8.24. The van der Waals surface area contributed by atoms with Crippen LogP contribution in [0.4, 0.5) is 0 Å². The summed E-state index contributed by atoms with van der Waals surface area (Å²) in [6, 6.07) is 11.4. The molecule has 0 aliphatic carbocycles. The third-order valence-corrected chi connectivity index (χ3v) is 5.77. The molecule has 0 atom stereocenters. The monoisotopic (exact) mass is 264 g/mol. The van der Waals surface area contributed by atoms with E-state index < -0.39 is 8.56 Å². The Balaban J connectivity index is 2.41. The molecular weight excluding hydrogens is 240 g/mol. The zero-order chi connectivity index (χ0) is 13.3. The van der Waals surface area contributed by atoms with Gasteiger partial charge in [0.1, 0.15) is 0 Å². The largest absolute Gasteiger partial charge is 0.395 e. The highest BCUT2D eigenvalue weighted by atomic mass is 28.4. The lowest BCUT2D eigenvalue weighted by atomic mass is 10.2. The molecule has 0 amide bonds. The summed E-state index contributed by atoms with van der Waals surface area (Å²) in [7, 11) is -1.94. The summed E-state index contributed by atoms with van der Waals surface area (Å²) >= 11 is 0. The lowest BCUT2D eigenvalue weighted by Gasteiger charge is -2.25. The topological polar surface area (TPSA) is 18.5 Å². The minimum Gasteiger partial charge on any atom is -0.395 e. The van der Waals surface area contributed by atoms with Crippen LogP contribution in [0.3, 0.4) is 0 Å². The standard InChI is InChI=1S/C15H24O2Si/c1-4-16-18(3,17-5-2)14-10-9-13-15-11-7-6-8-12-15/h6-9,11-13H,4-5,10,14H2,1-3H3. The van der Waals surface area contributed by atoms with Crippen LogP contribution in [0.25, 0.3) is 6.08 Å². The average molecular weight is 264 g/mol. The van der Waals surface area contributed by atoms with Gasteiger partial charge in [-0.25, -0.2) is 0 Å². The van der Waals surface area contributed by atoms with Gasteiger partial charge in [0.05, 0.1) is 0 Å². The lowest BCUT2D eigenvalue weighted by molar-refractivity contribution is 0.189. The molecule has 0 aromatic heterocycles. The fraction of sp³-hybridized carbons (Fsp3) is 0.467. The second-order valence-electron chi connectivity index (χ2n) is 4.35. The first-order valence-corrected chi connectivity index (χ1v) is 9.22. The van der Waals surface area contributed by atoms with Gasteiger partial charge in [-0.15, -0.1) is 0 Å². The molecule has 100 valence electrons. The first-order chi connectivity index (χ1) is 8.70. The number of hydrogen-bond acceptors (Lipinski definition) is 2. The lowest BCUT2D eigenvalue weighted by Crippen LogP contribution is -2.38. The molecule has 0 saturated carbocycles. The minimum absolute atomic E-state index is 0.741. The van der Waals surface area contributed by atoms with Gasteiger partial charge >= 0.3 is 8.56 Å². The van der Waals surface area contributed by atoms with E-state index in [9.17, 15) is 0 Å². The Morgan fingerprint density at radius 2 is 1.67 bits per heavy atom. The van der Waals surface area contributed by atoms with E-state index in [4.69, 9.17) is 8.85 Å². The molecule has 1 rings (SSSR count). The van der Waals surface area contributed by atoms with Crippen LogP contribution in [0.15, 0.2) is 36.4 Å². The van der Waals surface area contributed by atoms with Gasteiger partial charge in [0.15, 0.2) is 0 Å². The van der Waals surface area contributed by atoms with Crippen LogP contribution in [-0.2, 0) is 8.85 Å². The molecule has 18 heavy (non-hydrogen) atoms. The van der Waals surface area contributed by atoms with Crippen molar-refractivity contribution in [2.75, 3.05) is 13.2 Å².